The van der Waals surface area contributed by atoms with Gasteiger partial charge in [-0.3, -0.25) is 4.79 Å². The van der Waals surface area contributed by atoms with Crippen molar-refractivity contribution in [3.05, 3.63) is 220 Å². The third-order valence-electron chi connectivity index (χ3n) is 10.9. The minimum absolute atomic E-state index is 0.0552. The summed E-state index contributed by atoms with van der Waals surface area (Å²) in [6.07, 6.45) is 0.606. The van der Waals surface area contributed by atoms with Crippen LogP contribution in [0.2, 0.25) is 0 Å². The Hall–Kier alpha value is -6.68. The van der Waals surface area contributed by atoms with Crippen LogP contribution in [-0.4, -0.2) is 42.2 Å². The molecule has 2 atom stereocenters. The highest BCUT2D eigenvalue weighted by Gasteiger charge is 2.53. The predicted octanol–water partition coefficient (Wildman–Crippen LogP) is 10.9. The second kappa shape index (κ2) is 20.9. The molecule has 0 aliphatic carbocycles. The summed E-state index contributed by atoms with van der Waals surface area (Å²) in [4.78, 5) is 20.3. The number of carbonyl (C=O) groups is 1. The highest BCUT2D eigenvalue weighted by molar-refractivity contribution is 9.10. The van der Waals surface area contributed by atoms with Crippen LogP contribution >= 0.6 is 15.9 Å². The van der Waals surface area contributed by atoms with Gasteiger partial charge in [-0.05, 0) is 93.9 Å². The number of amides is 1. The number of nitrogens with one attached hydrogen (secondary N) is 1. The topological polar surface area (TPSA) is 98.6 Å². The van der Waals surface area contributed by atoms with Crippen LogP contribution in [0.25, 0.3) is 11.1 Å². The fraction of sp³-hybridized carbons (Fsp3) is 0.185. The number of halogens is 1. The third kappa shape index (κ3) is 11.0. The zero-order valence-corrected chi connectivity index (χ0v) is 36.5. The lowest BCUT2D eigenvalue weighted by molar-refractivity contribution is -0.128. The van der Waals surface area contributed by atoms with Crippen LogP contribution in [0.1, 0.15) is 45.9 Å². The quantitative estimate of drug-likeness (QED) is 0.0785. The van der Waals surface area contributed by atoms with Gasteiger partial charge >= 0.3 is 0 Å². The standard InChI is InChI=1S/C54H49BrN2O6/c55-47-26-17-40(18-27-47)36-54(53(59)56-32-31-39-19-30-49(61-37-41-11-4-1-5-12-41)50(35-39)62-38-42-13-6-2-7-14-42)51(45-22-20-44(21-23-45)43-15-8-3-9-16-43)63-52(57-54)46-24-28-48(29-25-46)60-34-10-33-58/h1-9,11-30,35,51,58H,10,31-34,36-38H2,(H,56,59)/t51-,54-/m1/s1. The van der Waals surface area contributed by atoms with Gasteiger partial charge in [0.15, 0.2) is 23.1 Å². The van der Waals surface area contributed by atoms with E-state index in [2.05, 4.69) is 45.5 Å². The Labute approximate surface area is 377 Å². The van der Waals surface area contributed by atoms with E-state index in [1.54, 1.807) is 0 Å². The molecule has 0 fully saturated rings. The monoisotopic (exact) mass is 900 g/mol. The van der Waals surface area contributed by atoms with Crippen molar-refractivity contribution in [1.82, 2.24) is 5.32 Å². The first-order chi connectivity index (χ1) is 31.0. The molecule has 0 saturated heterocycles. The van der Waals surface area contributed by atoms with Crippen LogP contribution in [0, 0.1) is 0 Å². The number of aliphatic hydroxyl groups is 1. The molecule has 9 heteroatoms. The van der Waals surface area contributed by atoms with Crippen LogP contribution in [0.5, 0.6) is 17.2 Å². The number of aliphatic imine (C=N–C) groups is 1. The van der Waals surface area contributed by atoms with Crippen molar-refractivity contribution in [2.75, 3.05) is 19.8 Å². The van der Waals surface area contributed by atoms with E-state index in [4.69, 9.17) is 23.9 Å². The van der Waals surface area contributed by atoms with Crippen LogP contribution < -0.4 is 19.5 Å². The maximum atomic E-state index is 15.1. The molecule has 0 spiro atoms. The summed E-state index contributed by atoms with van der Waals surface area (Å²) in [5.74, 6) is 2.07. The van der Waals surface area contributed by atoms with Gasteiger partial charge in [-0.25, -0.2) is 4.99 Å². The molecule has 1 heterocycles. The van der Waals surface area contributed by atoms with Crippen molar-refractivity contribution in [1.29, 1.82) is 0 Å². The number of hydrogen-bond donors (Lipinski definition) is 2. The molecular formula is C54H49BrN2O6. The summed E-state index contributed by atoms with van der Waals surface area (Å²) < 4.78 is 26.2. The summed E-state index contributed by atoms with van der Waals surface area (Å²) in [7, 11) is 0. The van der Waals surface area contributed by atoms with Crippen LogP contribution in [0.4, 0.5) is 0 Å². The molecule has 0 unspecified atom stereocenters. The number of nitrogens with zero attached hydrogens (tertiary/aromatic N) is 1. The molecule has 1 aliphatic heterocycles. The molecule has 2 N–H and O–H groups in total. The lowest BCUT2D eigenvalue weighted by Crippen LogP contribution is -2.50. The van der Waals surface area contributed by atoms with Crippen molar-refractivity contribution in [2.24, 2.45) is 4.99 Å². The lowest BCUT2D eigenvalue weighted by atomic mass is 9.81. The molecule has 1 aliphatic rings. The summed E-state index contributed by atoms with van der Waals surface area (Å²) >= 11 is 3.58. The van der Waals surface area contributed by atoms with Crippen LogP contribution in [0.3, 0.4) is 0 Å². The summed E-state index contributed by atoms with van der Waals surface area (Å²) in [6, 6.07) is 59.9. The van der Waals surface area contributed by atoms with E-state index >= 15 is 4.79 Å². The molecule has 7 aromatic carbocycles. The summed E-state index contributed by atoms with van der Waals surface area (Å²) in [6.45, 7) is 1.59. The molecule has 7 aromatic rings. The smallest absolute Gasteiger partial charge is 0.252 e. The average molecular weight is 902 g/mol. The molecule has 0 saturated carbocycles. The zero-order chi connectivity index (χ0) is 43.3. The SMILES string of the molecule is O=C(NCCc1ccc(OCc2ccccc2)c(OCc2ccccc2)c1)[C@]1(Cc2ccc(Br)cc2)N=C(c2ccc(OCCCO)cc2)O[C@@H]1c1ccc(-c2ccccc2)cc1. The summed E-state index contributed by atoms with van der Waals surface area (Å²) in [5, 5.41) is 12.5. The van der Waals surface area contributed by atoms with E-state index < -0.39 is 11.6 Å². The summed E-state index contributed by atoms with van der Waals surface area (Å²) in [5.41, 5.74) is 6.36. The van der Waals surface area contributed by atoms with Crippen LogP contribution in [-0.2, 0) is 35.6 Å². The maximum Gasteiger partial charge on any atom is 0.252 e. The molecule has 318 valence electrons. The largest absolute Gasteiger partial charge is 0.494 e. The fourth-order valence-electron chi connectivity index (χ4n) is 7.56. The molecule has 8 rings (SSSR count). The number of carbonyl (C=O) groups excluding carboxylic acids is 1. The first-order valence-corrected chi connectivity index (χ1v) is 22.0. The molecule has 63 heavy (non-hydrogen) atoms. The first kappa shape index (κ1) is 43.0. The second-order valence-corrected chi connectivity index (χ2v) is 16.3. The number of ether oxygens (including phenoxy) is 4. The number of benzene rings is 7. The van der Waals surface area contributed by atoms with E-state index in [1.807, 2.05) is 158 Å². The Morgan fingerprint density at radius 3 is 1.87 bits per heavy atom. The Kier molecular flexibility index (Phi) is 14.3. The van der Waals surface area contributed by atoms with Gasteiger partial charge in [-0.1, -0.05) is 149 Å². The van der Waals surface area contributed by atoms with Gasteiger partial charge < -0.3 is 29.4 Å². The number of hydrogen-bond acceptors (Lipinski definition) is 7. The Morgan fingerprint density at radius 2 is 1.22 bits per heavy atom. The minimum Gasteiger partial charge on any atom is -0.494 e. The molecular weight excluding hydrogens is 853 g/mol. The van der Waals surface area contributed by atoms with E-state index in [1.165, 1.54) is 0 Å². The van der Waals surface area contributed by atoms with Crippen molar-refractivity contribution in [3.8, 4) is 28.4 Å². The number of rotatable bonds is 19. The zero-order valence-electron chi connectivity index (χ0n) is 34.9. The fourth-order valence-corrected chi connectivity index (χ4v) is 7.83. The van der Waals surface area contributed by atoms with E-state index in [0.717, 1.165) is 49.0 Å². The Balaban J connectivity index is 1.08. The minimum atomic E-state index is -1.37. The highest BCUT2D eigenvalue weighted by atomic mass is 79.9. The van der Waals surface area contributed by atoms with Crippen molar-refractivity contribution in [3.63, 3.8) is 0 Å². The molecule has 0 bridgehead atoms. The number of aliphatic hydroxyl groups excluding tert-OH is 1. The molecule has 1 amide bonds. The van der Waals surface area contributed by atoms with Gasteiger partial charge in [0, 0.05) is 36.0 Å². The van der Waals surface area contributed by atoms with Gasteiger partial charge in [-0.15, -0.1) is 0 Å². The first-order valence-electron chi connectivity index (χ1n) is 21.2. The van der Waals surface area contributed by atoms with Gasteiger partial charge in [0.05, 0.1) is 6.61 Å². The van der Waals surface area contributed by atoms with E-state index in [0.29, 0.717) is 62.4 Å². The van der Waals surface area contributed by atoms with E-state index in [9.17, 15) is 5.11 Å². The molecule has 0 radical (unpaired) electrons. The van der Waals surface area contributed by atoms with Crippen molar-refractivity contribution >= 4 is 27.7 Å². The van der Waals surface area contributed by atoms with Gasteiger partial charge in [-0.2, -0.15) is 0 Å². The highest BCUT2D eigenvalue weighted by Crippen LogP contribution is 2.43. The van der Waals surface area contributed by atoms with Gasteiger partial charge in [0.1, 0.15) is 19.0 Å². The van der Waals surface area contributed by atoms with Crippen LogP contribution in [0.15, 0.2) is 191 Å². The van der Waals surface area contributed by atoms with E-state index in [-0.39, 0.29) is 18.9 Å². The third-order valence-corrected chi connectivity index (χ3v) is 11.4. The van der Waals surface area contributed by atoms with Crippen molar-refractivity contribution < 1.29 is 28.8 Å². The normalized spacial score (nSPS) is 15.5. The molecule has 0 aromatic heterocycles. The Bertz CT molecular complexity index is 2570. The van der Waals surface area contributed by atoms with Gasteiger partial charge in [0.25, 0.3) is 5.91 Å². The second-order valence-electron chi connectivity index (χ2n) is 15.4. The lowest BCUT2D eigenvalue weighted by Gasteiger charge is -2.31. The average Bonchev–Trinajstić information content (AvgIpc) is 3.72. The maximum absolute atomic E-state index is 15.1. The van der Waals surface area contributed by atoms with Gasteiger partial charge in [0.2, 0.25) is 5.90 Å². The Morgan fingerprint density at radius 1 is 0.635 bits per heavy atom. The predicted molar refractivity (Wildman–Crippen MR) is 251 cm³/mol. The molecule has 8 nitrogen and oxygen atoms in total. The van der Waals surface area contributed by atoms with Crippen molar-refractivity contribution in [2.45, 2.75) is 44.1 Å².